The van der Waals surface area contributed by atoms with Crippen molar-refractivity contribution in [1.82, 2.24) is 4.98 Å². The van der Waals surface area contributed by atoms with E-state index in [1.54, 1.807) is 11.3 Å². The largest absolute Gasteiger partial charge is 0.287 e. The third-order valence-electron chi connectivity index (χ3n) is 4.13. The number of benzene rings is 2. The molecule has 1 aromatic rings. The van der Waals surface area contributed by atoms with Gasteiger partial charge >= 0.3 is 0 Å². The molecule has 0 N–H and O–H groups in total. The number of fused-ring (bicyclic) bond motifs is 2. The molecule has 3 rings (SSSR count). The van der Waals surface area contributed by atoms with Crippen molar-refractivity contribution in [2.24, 2.45) is 0 Å². The van der Waals surface area contributed by atoms with E-state index in [0.717, 1.165) is 20.7 Å². The van der Waals surface area contributed by atoms with Gasteiger partial charge in [-0.2, -0.15) is 0 Å². The molecule has 0 bridgehead atoms. The molecule has 23 heavy (non-hydrogen) atoms. The van der Waals surface area contributed by atoms with Gasteiger partial charge in [-0.15, -0.1) is 11.3 Å². The Morgan fingerprint density at radius 2 is 1.52 bits per heavy atom. The SMILES string of the molecule is CC(C)(C)c1cc(C(C)(C)C)c(=O)c2nc3ccccc3sc1-2. The average molecular weight is 325 g/mol. The quantitative estimate of drug-likeness (QED) is 0.521. The summed E-state index contributed by atoms with van der Waals surface area (Å²) in [7, 11) is 0. The van der Waals surface area contributed by atoms with Gasteiger partial charge in [-0.05, 0) is 34.6 Å². The molecular formula is C20H23NOS. The third kappa shape index (κ3) is 2.78. The number of hydrogen-bond donors (Lipinski definition) is 0. The van der Waals surface area contributed by atoms with Gasteiger partial charge in [0.1, 0.15) is 5.69 Å². The molecule has 1 aromatic carbocycles. The lowest BCUT2D eigenvalue weighted by molar-refractivity contribution is 0.566. The van der Waals surface area contributed by atoms with Crippen LogP contribution >= 0.6 is 11.3 Å². The predicted molar refractivity (Wildman–Crippen MR) is 99.9 cm³/mol. The highest BCUT2D eigenvalue weighted by molar-refractivity contribution is 7.21. The Bertz CT molecular complexity index is 910. The van der Waals surface area contributed by atoms with E-state index in [4.69, 9.17) is 4.98 Å². The Balaban J connectivity index is 2.52. The second kappa shape index (κ2) is 5.13. The smallest absolute Gasteiger partial charge is 0.209 e. The van der Waals surface area contributed by atoms with Crippen molar-refractivity contribution < 1.29 is 0 Å². The fourth-order valence-electron chi connectivity index (χ4n) is 2.82. The van der Waals surface area contributed by atoms with Crippen LogP contribution in [0.1, 0.15) is 52.7 Å². The van der Waals surface area contributed by atoms with Gasteiger partial charge in [-0.1, -0.05) is 53.7 Å². The molecule has 0 saturated heterocycles. The van der Waals surface area contributed by atoms with Gasteiger partial charge in [0, 0.05) is 5.56 Å². The zero-order valence-corrected chi connectivity index (χ0v) is 15.5. The molecular weight excluding hydrogens is 302 g/mol. The van der Waals surface area contributed by atoms with Gasteiger partial charge in [-0.25, -0.2) is 4.98 Å². The summed E-state index contributed by atoms with van der Waals surface area (Å²) in [6, 6.07) is 10.1. The number of hydrogen-bond acceptors (Lipinski definition) is 3. The highest BCUT2D eigenvalue weighted by Gasteiger charge is 2.29. The Labute approximate surface area is 141 Å². The van der Waals surface area contributed by atoms with Crippen molar-refractivity contribution in [3.8, 4) is 10.6 Å². The Morgan fingerprint density at radius 3 is 2.13 bits per heavy atom. The minimum absolute atomic E-state index is 0.0351. The summed E-state index contributed by atoms with van der Waals surface area (Å²) >= 11 is 1.68. The van der Waals surface area contributed by atoms with Gasteiger partial charge in [0.2, 0.25) is 5.43 Å². The second-order valence-electron chi connectivity index (χ2n) is 8.16. The van der Waals surface area contributed by atoms with Crippen molar-refractivity contribution in [1.29, 1.82) is 0 Å². The van der Waals surface area contributed by atoms with E-state index in [2.05, 4.69) is 53.7 Å². The third-order valence-corrected chi connectivity index (χ3v) is 5.32. The standard InChI is InChI=1S/C20H23NOS/c1-19(2,3)12-11-13(20(4,5)6)18-16(17(12)22)21-14-9-7-8-10-15(14)23-18/h7-11H,1-6H3. The second-order valence-corrected chi connectivity index (χ2v) is 9.21. The van der Waals surface area contributed by atoms with Crippen molar-refractivity contribution in [3.63, 3.8) is 0 Å². The first-order valence-corrected chi connectivity index (χ1v) is 8.78. The summed E-state index contributed by atoms with van der Waals surface area (Å²) in [5.74, 6) is 0. The van der Waals surface area contributed by atoms with E-state index in [9.17, 15) is 4.79 Å². The fraction of sp³-hybridized carbons (Fsp3) is 0.400. The topological polar surface area (TPSA) is 30.0 Å². The zero-order valence-electron chi connectivity index (χ0n) is 14.7. The molecule has 0 aromatic heterocycles. The maximum atomic E-state index is 13.0. The first-order chi connectivity index (χ1) is 10.6. The molecule has 120 valence electrons. The number of rotatable bonds is 0. The van der Waals surface area contributed by atoms with E-state index in [1.165, 1.54) is 5.56 Å². The summed E-state index contributed by atoms with van der Waals surface area (Å²) in [6.07, 6.45) is 0. The molecule has 0 fully saturated rings. The molecule has 0 saturated carbocycles. The predicted octanol–water partition coefficient (Wildman–Crippen LogP) is 5.36. The van der Waals surface area contributed by atoms with Gasteiger partial charge in [0.25, 0.3) is 0 Å². The van der Waals surface area contributed by atoms with Gasteiger partial charge in [0.05, 0.1) is 15.1 Å². The number of para-hydroxylation sites is 1. The van der Waals surface area contributed by atoms with Crippen molar-refractivity contribution >= 4 is 21.6 Å². The van der Waals surface area contributed by atoms with Crippen LogP contribution in [0.2, 0.25) is 0 Å². The van der Waals surface area contributed by atoms with Crippen LogP contribution in [0.25, 0.3) is 20.8 Å². The molecule has 0 unspecified atom stereocenters. The highest BCUT2D eigenvalue weighted by atomic mass is 32.1. The summed E-state index contributed by atoms with van der Waals surface area (Å²) < 4.78 is 1.12. The Hall–Kier alpha value is -1.74. The van der Waals surface area contributed by atoms with Crippen molar-refractivity contribution in [2.45, 2.75) is 52.4 Å². The minimum Gasteiger partial charge on any atom is -0.287 e. The van der Waals surface area contributed by atoms with Gasteiger partial charge in [0.15, 0.2) is 0 Å². The molecule has 2 nitrogen and oxygen atoms in total. The average Bonchev–Trinajstić information content (AvgIpc) is 2.43. The maximum absolute atomic E-state index is 13.0. The minimum atomic E-state index is -0.191. The monoisotopic (exact) mass is 325 g/mol. The molecule has 0 amide bonds. The highest BCUT2D eigenvalue weighted by Crippen LogP contribution is 2.39. The summed E-state index contributed by atoms with van der Waals surface area (Å²) in [5, 5.41) is 0. The van der Waals surface area contributed by atoms with E-state index in [0.29, 0.717) is 5.69 Å². The van der Waals surface area contributed by atoms with Gasteiger partial charge in [-0.3, -0.25) is 4.79 Å². The van der Waals surface area contributed by atoms with E-state index < -0.39 is 0 Å². The molecule has 0 spiro atoms. The van der Waals surface area contributed by atoms with E-state index in [-0.39, 0.29) is 16.3 Å². The van der Waals surface area contributed by atoms with Crippen molar-refractivity contribution in [3.05, 3.63) is 51.7 Å². The molecule has 1 heterocycles. The summed E-state index contributed by atoms with van der Waals surface area (Å²) in [5.41, 5.74) is 3.42. The van der Waals surface area contributed by atoms with E-state index >= 15 is 0 Å². The molecule has 3 heteroatoms. The van der Waals surface area contributed by atoms with Crippen LogP contribution in [0.5, 0.6) is 0 Å². The van der Waals surface area contributed by atoms with Crippen LogP contribution in [0, 0.1) is 0 Å². The fourth-order valence-corrected chi connectivity index (χ4v) is 4.11. The Kier molecular flexibility index (Phi) is 3.60. The van der Waals surface area contributed by atoms with Crippen molar-refractivity contribution in [2.75, 3.05) is 0 Å². The molecule has 2 aliphatic rings. The first kappa shape index (κ1) is 16.1. The molecule has 0 radical (unpaired) electrons. The van der Waals surface area contributed by atoms with Crippen LogP contribution in [0.4, 0.5) is 0 Å². The number of nitrogens with zero attached hydrogens (tertiary/aromatic N) is 1. The normalized spacial score (nSPS) is 13.0. The first-order valence-electron chi connectivity index (χ1n) is 7.96. The summed E-state index contributed by atoms with van der Waals surface area (Å²) in [6.45, 7) is 12.9. The van der Waals surface area contributed by atoms with Crippen LogP contribution < -0.4 is 5.43 Å². The lowest BCUT2D eigenvalue weighted by Crippen LogP contribution is -2.27. The van der Waals surface area contributed by atoms with Crippen LogP contribution in [0.3, 0.4) is 0 Å². The Morgan fingerprint density at radius 1 is 0.913 bits per heavy atom. The van der Waals surface area contributed by atoms with E-state index in [1.807, 2.05) is 18.2 Å². The molecule has 1 aliphatic heterocycles. The lowest BCUT2D eigenvalue weighted by Gasteiger charge is -2.27. The summed E-state index contributed by atoms with van der Waals surface area (Å²) in [4.78, 5) is 18.8. The van der Waals surface area contributed by atoms with Crippen LogP contribution in [-0.2, 0) is 10.8 Å². The van der Waals surface area contributed by atoms with Crippen LogP contribution in [-0.4, -0.2) is 4.98 Å². The van der Waals surface area contributed by atoms with Gasteiger partial charge < -0.3 is 0 Å². The lowest BCUT2D eigenvalue weighted by atomic mass is 9.79. The van der Waals surface area contributed by atoms with Crippen LogP contribution in [0.15, 0.2) is 35.1 Å². The maximum Gasteiger partial charge on any atom is 0.209 e. The number of aromatic nitrogens is 1. The molecule has 1 aliphatic carbocycles. The zero-order chi connectivity index (χ0) is 17.0. The molecule has 0 atom stereocenters.